The quantitative estimate of drug-likeness (QED) is 0.622. The molecule has 0 aliphatic carbocycles. The number of nitrogens with zero attached hydrogens (tertiary/aromatic N) is 2. The van der Waals surface area contributed by atoms with Crippen LogP contribution in [0.25, 0.3) is 0 Å². The van der Waals surface area contributed by atoms with Crippen molar-refractivity contribution < 1.29 is 4.79 Å². The van der Waals surface area contributed by atoms with Gasteiger partial charge in [0.15, 0.2) is 0 Å². The van der Waals surface area contributed by atoms with Gasteiger partial charge in [0.05, 0.1) is 6.54 Å². The molecule has 0 atom stereocenters. The third-order valence-corrected chi connectivity index (χ3v) is 1.58. The van der Waals surface area contributed by atoms with Crippen molar-refractivity contribution in [1.29, 1.82) is 0 Å². The maximum absolute atomic E-state index is 11.2. The zero-order valence-electron chi connectivity index (χ0n) is 8.79. The van der Waals surface area contributed by atoms with Crippen LogP contribution >= 0.6 is 0 Å². The van der Waals surface area contributed by atoms with Crippen molar-refractivity contribution in [3.05, 3.63) is 0 Å². The van der Waals surface area contributed by atoms with Crippen LogP contribution in [0.5, 0.6) is 0 Å². The van der Waals surface area contributed by atoms with Crippen LogP contribution in [-0.2, 0) is 4.79 Å². The molecule has 0 spiro atoms. The first-order valence-electron chi connectivity index (χ1n) is 4.32. The lowest BCUT2D eigenvalue weighted by Crippen LogP contribution is -2.35. The summed E-state index contributed by atoms with van der Waals surface area (Å²) in [6, 6.07) is 0. The second-order valence-electron chi connectivity index (χ2n) is 3.88. The van der Waals surface area contributed by atoms with Gasteiger partial charge in [-0.15, -0.1) is 0 Å². The Morgan fingerprint density at radius 3 is 2.08 bits per heavy atom. The summed E-state index contributed by atoms with van der Waals surface area (Å²) in [4.78, 5) is 14.9. The van der Waals surface area contributed by atoms with Gasteiger partial charge in [-0.05, 0) is 13.0 Å². The molecule has 1 amide bonds. The molecule has 0 saturated carbocycles. The average molecular weight is 172 g/mol. The zero-order valence-corrected chi connectivity index (χ0v) is 8.79. The van der Waals surface area contributed by atoms with Crippen molar-refractivity contribution in [2.75, 3.05) is 34.2 Å². The maximum Gasteiger partial charge on any atom is 0.236 e. The van der Waals surface area contributed by atoms with Crippen molar-refractivity contribution in [3.8, 4) is 0 Å². The smallest absolute Gasteiger partial charge is 0.236 e. The van der Waals surface area contributed by atoms with Crippen LogP contribution in [0.2, 0.25) is 0 Å². The molecule has 0 aromatic heterocycles. The maximum atomic E-state index is 11.2. The minimum Gasteiger partial charge on any atom is -0.348 e. The summed E-state index contributed by atoms with van der Waals surface area (Å²) in [6.07, 6.45) is 0. The molecule has 0 radical (unpaired) electrons. The van der Waals surface area contributed by atoms with Crippen LogP contribution in [-0.4, -0.2) is 49.9 Å². The van der Waals surface area contributed by atoms with Gasteiger partial charge in [0.2, 0.25) is 5.91 Å². The SMILES string of the molecule is CC(C)CN(C)CC(=O)N(C)C. The van der Waals surface area contributed by atoms with Gasteiger partial charge < -0.3 is 4.90 Å². The Morgan fingerprint density at radius 2 is 1.75 bits per heavy atom. The number of amides is 1. The van der Waals surface area contributed by atoms with Gasteiger partial charge in [-0.3, -0.25) is 9.69 Å². The van der Waals surface area contributed by atoms with Crippen molar-refractivity contribution in [2.24, 2.45) is 5.92 Å². The van der Waals surface area contributed by atoms with E-state index < -0.39 is 0 Å². The lowest BCUT2D eigenvalue weighted by Gasteiger charge is -2.20. The molecule has 3 heteroatoms. The first-order chi connectivity index (χ1) is 5.43. The van der Waals surface area contributed by atoms with E-state index in [1.165, 1.54) is 0 Å². The van der Waals surface area contributed by atoms with Crippen molar-refractivity contribution >= 4 is 5.91 Å². The van der Waals surface area contributed by atoms with E-state index in [4.69, 9.17) is 0 Å². The largest absolute Gasteiger partial charge is 0.348 e. The molecule has 0 aromatic carbocycles. The van der Waals surface area contributed by atoms with E-state index in [2.05, 4.69) is 13.8 Å². The van der Waals surface area contributed by atoms with Gasteiger partial charge in [0, 0.05) is 20.6 Å². The molecule has 0 fully saturated rings. The first-order valence-corrected chi connectivity index (χ1v) is 4.32. The van der Waals surface area contributed by atoms with Gasteiger partial charge >= 0.3 is 0 Å². The monoisotopic (exact) mass is 172 g/mol. The fourth-order valence-electron chi connectivity index (χ4n) is 1.06. The minimum atomic E-state index is 0.165. The van der Waals surface area contributed by atoms with Crippen LogP contribution in [0.15, 0.2) is 0 Å². The Hall–Kier alpha value is -0.570. The third kappa shape index (κ3) is 5.13. The highest BCUT2D eigenvalue weighted by molar-refractivity contribution is 5.77. The average Bonchev–Trinajstić information content (AvgIpc) is 1.84. The molecule has 0 aromatic rings. The molecule has 0 rings (SSSR count). The summed E-state index contributed by atoms with van der Waals surface area (Å²) in [7, 11) is 5.54. The van der Waals surface area contributed by atoms with E-state index in [9.17, 15) is 4.79 Å². The van der Waals surface area contributed by atoms with E-state index >= 15 is 0 Å². The normalized spacial score (nSPS) is 10.9. The molecule has 0 aliphatic rings. The molecule has 0 unspecified atom stereocenters. The predicted octanol–water partition coefficient (Wildman–Crippen LogP) is 0.662. The van der Waals surface area contributed by atoms with Crippen molar-refractivity contribution in [2.45, 2.75) is 13.8 Å². The lowest BCUT2D eigenvalue weighted by molar-refractivity contribution is -0.129. The van der Waals surface area contributed by atoms with Crippen LogP contribution in [0.4, 0.5) is 0 Å². The van der Waals surface area contributed by atoms with Gasteiger partial charge in [0.1, 0.15) is 0 Å². The van der Waals surface area contributed by atoms with E-state index in [0.29, 0.717) is 12.5 Å². The van der Waals surface area contributed by atoms with Gasteiger partial charge in [-0.25, -0.2) is 0 Å². The predicted molar refractivity (Wildman–Crippen MR) is 51.0 cm³/mol. The molecule has 0 N–H and O–H groups in total. The van der Waals surface area contributed by atoms with E-state index in [-0.39, 0.29) is 5.91 Å². The summed E-state index contributed by atoms with van der Waals surface area (Å²) in [5, 5.41) is 0. The fourth-order valence-corrected chi connectivity index (χ4v) is 1.06. The minimum absolute atomic E-state index is 0.165. The highest BCUT2D eigenvalue weighted by Gasteiger charge is 2.08. The van der Waals surface area contributed by atoms with Crippen LogP contribution < -0.4 is 0 Å². The Bertz CT molecular complexity index is 143. The molecular weight excluding hydrogens is 152 g/mol. The van der Waals surface area contributed by atoms with E-state index in [1.54, 1.807) is 19.0 Å². The first kappa shape index (κ1) is 11.4. The Morgan fingerprint density at radius 1 is 1.25 bits per heavy atom. The van der Waals surface area contributed by atoms with Gasteiger partial charge in [-0.1, -0.05) is 13.8 Å². The second kappa shape index (κ2) is 5.14. The lowest BCUT2D eigenvalue weighted by atomic mass is 10.2. The van der Waals surface area contributed by atoms with E-state index in [1.807, 2.05) is 11.9 Å². The summed E-state index contributed by atoms with van der Waals surface area (Å²) in [6.45, 7) is 5.79. The number of likely N-dealkylation sites (N-methyl/N-ethyl adjacent to an activating group) is 2. The van der Waals surface area contributed by atoms with Crippen LogP contribution in [0.3, 0.4) is 0 Å². The van der Waals surface area contributed by atoms with Crippen molar-refractivity contribution in [3.63, 3.8) is 0 Å². The summed E-state index contributed by atoms with van der Waals surface area (Å²) in [5.41, 5.74) is 0. The van der Waals surface area contributed by atoms with Crippen molar-refractivity contribution in [1.82, 2.24) is 9.80 Å². The highest BCUT2D eigenvalue weighted by atomic mass is 16.2. The number of carbonyl (C=O) groups is 1. The molecule has 0 saturated heterocycles. The second-order valence-corrected chi connectivity index (χ2v) is 3.88. The standard InChI is InChI=1S/C9H20N2O/c1-8(2)6-11(5)7-9(12)10(3)4/h8H,6-7H2,1-5H3. The summed E-state index contributed by atoms with van der Waals surface area (Å²) < 4.78 is 0. The Kier molecular flexibility index (Phi) is 4.90. The van der Waals surface area contributed by atoms with Gasteiger partial charge in [0.25, 0.3) is 0 Å². The number of rotatable bonds is 4. The highest BCUT2D eigenvalue weighted by Crippen LogP contribution is 1.95. The molecule has 0 heterocycles. The topological polar surface area (TPSA) is 23.6 Å². The molecule has 0 bridgehead atoms. The Balaban J connectivity index is 3.69. The molecule has 3 nitrogen and oxygen atoms in total. The molecule has 0 aliphatic heterocycles. The Labute approximate surface area is 75.3 Å². The number of hydrogen-bond donors (Lipinski definition) is 0. The third-order valence-electron chi connectivity index (χ3n) is 1.58. The van der Waals surface area contributed by atoms with Gasteiger partial charge in [-0.2, -0.15) is 0 Å². The van der Waals surface area contributed by atoms with E-state index in [0.717, 1.165) is 6.54 Å². The zero-order chi connectivity index (χ0) is 9.72. The summed E-state index contributed by atoms with van der Waals surface area (Å²) >= 11 is 0. The van der Waals surface area contributed by atoms with Crippen LogP contribution in [0.1, 0.15) is 13.8 Å². The number of carbonyl (C=O) groups excluding carboxylic acids is 1. The molecular formula is C9H20N2O. The molecule has 72 valence electrons. The fraction of sp³-hybridized carbons (Fsp3) is 0.889. The number of hydrogen-bond acceptors (Lipinski definition) is 2. The van der Waals surface area contributed by atoms with Crippen LogP contribution in [0, 0.1) is 5.92 Å². The molecule has 12 heavy (non-hydrogen) atoms. The summed E-state index contributed by atoms with van der Waals surface area (Å²) in [5.74, 6) is 0.781.